The number of benzene rings is 1. The average molecular weight is 266 g/mol. The minimum Gasteiger partial charge on any atom is -0.488 e. The number of anilines is 2. The van der Waals surface area contributed by atoms with E-state index in [1.54, 1.807) is 6.07 Å². The average Bonchev–Trinajstić information content (AvgIpc) is 2.61. The van der Waals surface area contributed by atoms with E-state index in [-0.39, 0.29) is 11.9 Å². The van der Waals surface area contributed by atoms with Crippen molar-refractivity contribution < 1.29 is 9.13 Å². The van der Waals surface area contributed by atoms with E-state index in [1.807, 2.05) is 13.8 Å². The van der Waals surface area contributed by atoms with Gasteiger partial charge in [0, 0.05) is 25.2 Å². The maximum absolute atomic E-state index is 13.8. The Morgan fingerprint density at radius 2 is 1.79 bits per heavy atom. The summed E-state index contributed by atoms with van der Waals surface area (Å²) in [5.74, 6) is -0.0896. The maximum Gasteiger partial charge on any atom is 0.167 e. The number of hydrogen-bond acceptors (Lipinski definition) is 3. The third kappa shape index (κ3) is 3.52. The van der Waals surface area contributed by atoms with E-state index in [9.17, 15) is 4.39 Å². The minimum atomic E-state index is -0.384. The first-order valence-electron chi connectivity index (χ1n) is 7.08. The Labute approximate surface area is 114 Å². The van der Waals surface area contributed by atoms with E-state index in [0.717, 1.165) is 31.6 Å². The summed E-state index contributed by atoms with van der Waals surface area (Å²) >= 11 is 0. The minimum absolute atomic E-state index is 0.0462. The summed E-state index contributed by atoms with van der Waals surface area (Å²) in [6, 6.07) is 3.12. The molecule has 2 N–H and O–H groups in total. The van der Waals surface area contributed by atoms with Gasteiger partial charge in [0.2, 0.25) is 0 Å². The molecule has 2 rings (SSSR count). The predicted octanol–water partition coefficient (Wildman–Crippen LogP) is 3.58. The highest BCUT2D eigenvalue weighted by atomic mass is 19.1. The zero-order valence-corrected chi connectivity index (χ0v) is 11.8. The molecule has 1 aliphatic rings. The van der Waals surface area contributed by atoms with Gasteiger partial charge < -0.3 is 15.4 Å². The molecule has 1 heterocycles. The summed E-state index contributed by atoms with van der Waals surface area (Å²) in [5, 5.41) is 0. The molecule has 0 bridgehead atoms. The van der Waals surface area contributed by atoms with Crippen LogP contribution in [0.25, 0.3) is 0 Å². The van der Waals surface area contributed by atoms with E-state index in [4.69, 9.17) is 10.5 Å². The fourth-order valence-electron chi connectivity index (χ4n) is 2.49. The molecule has 1 fully saturated rings. The molecule has 1 aromatic rings. The molecule has 0 aliphatic carbocycles. The van der Waals surface area contributed by atoms with Gasteiger partial charge in [0.1, 0.15) is 0 Å². The number of hydrogen-bond donors (Lipinski definition) is 1. The van der Waals surface area contributed by atoms with E-state index in [1.165, 1.54) is 18.9 Å². The Morgan fingerprint density at radius 1 is 1.16 bits per heavy atom. The molecule has 1 aliphatic heterocycles. The smallest absolute Gasteiger partial charge is 0.167 e. The number of halogens is 1. The van der Waals surface area contributed by atoms with Gasteiger partial charge in [-0.25, -0.2) is 4.39 Å². The molecule has 0 amide bonds. The Balaban J connectivity index is 2.27. The van der Waals surface area contributed by atoms with Gasteiger partial charge in [-0.1, -0.05) is 12.8 Å². The van der Waals surface area contributed by atoms with Crippen molar-refractivity contribution in [3.8, 4) is 5.75 Å². The number of nitrogens with two attached hydrogens (primary N) is 1. The molecule has 0 saturated carbocycles. The Kier molecular flexibility index (Phi) is 4.51. The predicted molar refractivity (Wildman–Crippen MR) is 77.3 cm³/mol. The quantitative estimate of drug-likeness (QED) is 0.850. The highest BCUT2D eigenvalue weighted by Gasteiger charge is 2.16. The highest BCUT2D eigenvalue weighted by Crippen LogP contribution is 2.32. The molecule has 3 nitrogen and oxygen atoms in total. The van der Waals surface area contributed by atoms with Crippen LogP contribution in [-0.2, 0) is 0 Å². The molecular weight excluding hydrogens is 243 g/mol. The van der Waals surface area contributed by atoms with Crippen molar-refractivity contribution >= 4 is 11.4 Å². The normalized spacial score (nSPS) is 16.5. The van der Waals surface area contributed by atoms with Crippen molar-refractivity contribution in [2.24, 2.45) is 0 Å². The van der Waals surface area contributed by atoms with Crippen molar-refractivity contribution in [1.82, 2.24) is 0 Å². The van der Waals surface area contributed by atoms with E-state index in [2.05, 4.69) is 4.90 Å². The zero-order valence-electron chi connectivity index (χ0n) is 11.8. The lowest BCUT2D eigenvalue weighted by atomic mass is 10.2. The molecule has 19 heavy (non-hydrogen) atoms. The van der Waals surface area contributed by atoms with Crippen LogP contribution in [0.5, 0.6) is 5.75 Å². The Bertz CT molecular complexity index is 426. The number of nitrogens with zero attached hydrogens (tertiary/aromatic N) is 1. The molecule has 0 atom stereocenters. The van der Waals surface area contributed by atoms with Crippen LogP contribution in [0.15, 0.2) is 12.1 Å². The maximum atomic E-state index is 13.8. The summed E-state index contributed by atoms with van der Waals surface area (Å²) in [6.45, 7) is 5.75. The lowest BCUT2D eigenvalue weighted by Crippen LogP contribution is -2.25. The molecule has 0 radical (unpaired) electrons. The first kappa shape index (κ1) is 14.0. The molecule has 1 aromatic carbocycles. The monoisotopic (exact) mass is 266 g/mol. The second-order valence-corrected chi connectivity index (χ2v) is 5.41. The first-order chi connectivity index (χ1) is 9.08. The Hall–Kier alpha value is -1.45. The van der Waals surface area contributed by atoms with Gasteiger partial charge >= 0.3 is 0 Å². The third-order valence-electron chi connectivity index (χ3n) is 3.39. The fourth-order valence-corrected chi connectivity index (χ4v) is 2.49. The van der Waals surface area contributed by atoms with Crippen LogP contribution in [0.1, 0.15) is 39.5 Å². The van der Waals surface area contributed by atoms with Crippen LogP contribution in [0.4, 0.5) is 15.8 Å². The van der Waals surface area contributed by atoms with Gasteiger partial charge in [-0.05, 0) is 26.7 Å². The van der Waals surface area contributed by atoms with Crippen LogP contribution in [0.3, 0.4) is 0 Å². The molecule has 0 aromatic heterocycles. The topological polar surface area (TPSA) is 38.5 Å². The Morgan fingerprint density at radius 3 is 2.37 bits per heavy atom. The highest BCUT2D eigenvalue weighted by molar-refractivity contribution is 5.70. The van der Waals surface area contributed by atoms with Crippen LogP contribution in [0.2, 0.25) is 0 Å². The standard InChI is InChI=1S/C15H23FN2O/c1-11(2)19-15-10-14(13(17)9-12(15)16)18-7-5-3-4-6-8-18/h9-11H,3-8,17H2,1-2H3. The van der Waals surface area contributed by atoms with E-state index in [0.29, 0.717) is 11.4 Å². The summed E-state index contributed by atoms with van der Waals surface area (Å²) in [5.41, 5.74) is 7.36. The SMILES string of the molecule is CC(C)Oc1cc(N2CCCCCC2)c(N)cc1F. The van der Waals surface area contributed by atoms with Gasteiger partial charge in [0.15, 0.2) is 11.6 Å². The first-order valence-corrected chi connectivity index (χ1v) is 7.08. The van der Waals surface area contributed by atoms with Crippen LogP contribution < -0.4 is 15.4 Å². The van der Waals surface area contributed by atoms with E-state index < -0.39 is 0 Å². The van der Waals surface area contributed by atoms with Crippen LogP contribution in [-0.4, -0.2) is 19.2 Å². The van der Waals surface area contributed by atoms with E-state index >= 15 is 0 Å². The second-order valence-electron chi connectivity index (χ2n) is 5.41. The molecule has 4 heteroatoms. The molecule has 0 unspecified atom stereocenters. The van der Waals surface area contributed by atoms with Crippen molar-refractivity contribution in [2.45, 2.75) is 45.6 Å². The lowest BCUT2D eigenvalue weighted by molar-refractivity contribution is 0.231. The molecule has 106 valence electrons. The number of rotatable bonds is 3. The summed E-state index contributed by atoms with van der Waals surface area (Å²) in [7, 11) is 0. The van der Waals surface area contributed by atoms with Gasteiger partial charge in [0.25, 0.3) is 0 Å². The van der Waals surface area contributed by atoms with Gasteiger partial charge in [-0.3, -0.25) is 0 Å². The second kappa shape index (κ2) is 6.13. The van der Waals surface area contributed by atoms with Crippen LogP contribution in [0, 0.1) is 5.82 Å². The summed E-state index contributed by atoms with van der Waals surface area (Å²) < 4.78 is 19.3. The summed E-state index contributed by atoms with van der Waals surface area (Å²) in [4.78, 5) is 2.24. The van der Waals surface area contributed by atoms with Crippen molar-refractivity contribution in [3.63, 3.8) is 0 Å². The fraction of sp³-hybridized carbons (Fsp3) is 0.600. The zero-order chi connectivity index (χ0) is 13.8. The van der Waals surface area contributed by atoms with Gasteiger partial charge in [-0.2, -0.15) is 0 Å². The van der Waals surface area contributed by atoms with Crippen molar-refractivity contribution in [2.75, 3.05) is 23.7 Å². The summed E-state index contributed by atoms with van der Waals surface area (Å²) in [6.07, 6.45) is 4.80. The number of ether oxygens (including phenoxy) is 1. The van der Waals surface area contributed by atoms with Crippen LogP contribution >= 0.6 is 0 Å². The lowest BCUT2D eigenvalue weighted by Gasteiger charge is -2.25. The third-order valence-corrected chi connectivity index (χ3v) is 3.39. The largest absolute Gasteiger partial charge is 0.488 e. The van der Waals surface area contributed by atoms with Gasteiger partial charge in [-0.15, -0.1) is 0 Å². The molecule has 1 saturated heterocycles. The van der Waals surface area contributed by atoms with Gasteiger partial charge in [0.05, 0.1) is 17.5 Å². The van der Waals surface area contributed by atoms with Crippen molar-refractivity contribution in [1.29, 1.82) is 0 Å². The number of nitrogen functional groups attached to an aromatic ring is 1. The molecular formula is C15H23FN2O. The van der Waals surface area contributed by atoms with Crippen molar-refractivity contribution in [3.05, 3.63) is 17.9 Å². The molecule has 0 spiro atoms.